The van der Waals surface area contributed by atoms with Crippen molar-refractivity contribution in [2.45, 2.75) is 63.8 Å². The van der Waals surface area contributed by atoms with Gasteiger partial charge in [0, 0.05) is 6.04 Å². The predicted molar refractivity (Wildman–Crippen MR) is 88.3 cm³/mol. The van der Waals surface area contributed by atoms with Gasteiger partial charge in [0.25, 0.3) is 0 Å². The fraction of sp³-hybridized carbons (Fsp3) is 0.875. The van der Waals surface area contributed by atoms with Crippen LogP contribution in [0.3, 0.4) is 0 Å². The van der Waals surface area contributed by atoms with Gasteiger partial charge in [0.1, 0.15) is 0 Å². The number of nitrogens with one attached hydrogen (secondary N) is 1. The lowest BCUT2D eigenvalue weighted by molar-refractivity contribution is -0.143. The Bertz CT molecular complexity index is 349. The summed E-state index contributed by atoms with van der Waals surface area (Å²) in [5, 5.41) is 12.1. The van der Waals surface area contributed by atoms with Crippen LogP contribution in [0.15, 0.2) is 0 Å². The molecule has 1 heterocycles. The lowest BCUT2D eigenvalue weighted by atomic mass is 9.96. The summed E-state index contributed by atoms with van der Waals surface area (Å²) < 4.78 is 0. The molecule has 0 aromatic rings. The molecule has 2 fully saturated rings. The van der Waals surface area contributed by atoms with Crippen LogP contribution in [0.25, 0.3) is 0 Å². The minimum Gasteiger partial charge on any atom is -0.481 e. The highest BCUT2D eigenvalue weighted by Crippen LogP contribution is 2.18. The summed E-state index contributed by atoms with van der Waals surface area (Å²) in [5.74, 6) is -0.821. The number of nitrogens with zero attached hydrogens (tertiary/aromatic N) is 1. The molecule has 1 saturated carbocycles. The van der Waals surface area contributed by atoms with Gasteiger partial charge >= 0.3 is 5.97 Å². The number of aliphatic carboxylic acids is 1. The molecule has 0 aromatic heterocycles. The normalized spacial score (nSPS) is 22.2. The Balaban J connectivity index is 0.00000242. The first kappa shape index (κ1) is 19.2. The van der Waals surface area contributed by atoms with E-state index in [4.69, 9.17) is 5.11 Å². The summed E-state index contributed by atoms with van der Waals surface area (Å²) in [6, 6.07) is 0.342. The third kappa shape index (κ3) is 6.53. The van der Waals surface area contributed by atoms with Crippen molar-refractivity contribution >= 4 is 24.3 Å². The number of hydrogen-bond donors (Lipinski definition) is 2. The molecule has 2 rings (SSSR count). The number of hydrogen-bond acceptors (Lipinski definition) is 3. The summed E-state index contributed by atoms with van der Waals surface area (Å²) in [7, 11) is 0. The van der Waals surface area contributed by atoms with Crippen molar-refractivity contribution in [3.05, 3.63) is 0 Å². The van der Waals surface area contributed by atoms with Crippen LogP contribution in [0, 0.1) is 5.92 Å². The minimum atomic E-state index is -0.700. The number of carbonyl (C=O) groups is 2. The molecule has 2 N–H and O–H groups in total. The van der Waals surface area contributed by atoms with Crippen molar-refractivity contribution in [2.24, 2.45) is 5.92 Å². The fourth-order valence-corrected chi connectivity index (χ4v) is 3.41. The molecule has 0 unspecified atom stereocenters. The zero-order valence-corrected chi connectivity index (χ0v) is 14.1. The van der Waals surface area contributed by atoms with E-state index in [-0.39, 0.29) is 24.2 Å². The standard InChI is InChI=1S/C16H28N2O3.ClH/c19-15(17-14-6-4-2-1-3-5-7-14)12-18-10-8-13(9-11-18)16(20)21;/h13-14H,1-12H2,(H,17,19)(H,20,21);1H. The molecule has 5 nitrogen and oxygen atoms in total. The Morgan fingerprint density at radius 1 is 0.955 bits per heavy atom. The van der Waals surface area contributed by atoms with Crippen molar-refractivity contribution in [3.8, 4) is 0 Å². The Kier molecular flexibility index (Phi) is 8.79. The molecule has 0 bridgehead atoms. The van der Waals surface area contributed by atoms with Crippen LogP contribution in [0.5, 0.6) is 0 Å². The van der Waals surface area contributed by atoms with Crippen molar-refractivity contribution in [1.82, 2.24) is 10.2 Å². The summed E-state index contributed by atoms with van der Waals surface area (Å²) in [6.45, 7) is 1.85. The molecule has 0 spiro atoms. The molecule has 22 heavy (non-hydrogen) atoms. The van der Waals surface area contributed by atoms with Gasteiger partial charge in [-0.3, -0.25) is 14.5 Å². The Morgan fingerprint density at radius 3 is 2.05 bits per heavy atom. The molecule has 0 aromatic carbocycles. The van der Waals surface area contributed by atoms with Gasteiger partial charge in [-0.15, -0.1) is 12.4 Å². The van der Waals surface area contributed by atoms with Crippen molar-refractivity contribution in [3.63, 3.8) is 0 Å². The third-order valence-corrected chi connectivity index (χ3v) is 4.77. The molecule has 1 saturated heterocycles. The van der Waals surface area contributed by atoms with Crippen LogP contribution in [0.2, 0.25) is 0 Å². The van der Waals surface area contributed by atoms with Gasteiger partial charge in [0.2, 0.25) is 5.91 Å². The number of rotatable bonds is 4. The second-order valence-electron chi connectivity index (χ2n) is 6.50. The molecule has 128 valence electrons. The SMILES string of the molecule is Cl.O=C(CN1CCC(C(=O)O)CC1)NC1CCCCCCC1. The van der Waals surface area contributed by atoms with E-state index in [0.29, 0.717) is 25.4 Å². The van der Waals surface area contributed by atoms with Crippen LogP contribution in [0.4, 0.5) is 0 Å². The number of carboxylic acids is 1. The summed E-state index contributed by atoms with van der Waals surface area (Å²) in [6.07, 6.45) is 9.87. The second-order valence-corrected chi connectivity index (χ2v) is 6.50. The topological polar surface area (TPSA) is 69.6 Å². The highest BCUT2D eigenvalue weighted by Gasteiger charge is 2.25. The smallest absolute Gasteiger partial charge is 0.306 e. The molecule has 1 aliphatic heterocycles. The highest BCUT2D eigenvalue weighted by atomic mass is 35.5. The number of piperidine rings is 1. The predicted octanol–water partition coefficient (Wildman–Crippen LogP) is 2.43. The van der Waals surface area contributed by atoms with E-state index >= 15 is 0 Å². The van der Waals surface area contributed by atoms with E-state index in [1.807, 2.05) is 0 Å². The second kappa shape index (κ2) is 10.1. The fourth-order valence-electron chi connectivity index (χ4n) is 3.41. The van der Waals surface area contributed by atoms with Crippen LogP contribution in [-0.2, 0) is 9.59 Å². The Labute approximate surface area is 139 Å². The average molecular weight is 333 g/mol. The maximum Gasteiger partial charge on any atom is 0.306 e. The highest BCUT2D eigenvalue weighted by molar-refractivity contribution is 5.85. The first-order chi connectivity index (χ1) is 10.1. The number of likely N-dealkylation sites (tertiary alicyclic amines) is 1. The van der Waals surface area contributed by atoms with E-state index in [1.165, 1.54) is 32.1 Å². The van der Waals surface area contributed by atoms with Crippen LogP contribution >= 0.6 is 12.4 Å². The number of amides is 1. The van der Waals surface area contributed by atoms with E-state index in [1.54, 1.807) is 0 Å². The van der Waals surface area contributed by atoms with Gasteiger partial charge in [-0.05, 0) is 38.8 Å². The van der Waals surface area contributed by atoms with E-state index in [0.717, 1.165) is 25.9 Å². The largest absolute Gasteiger partial charge is 0.481 e. The minimum absolute atomic E-state index is 0. The lowest BCUT2D eigenvalue weighted by Crippen LogP contribution is -2.45. The van der Waals surface area contributed by atoms with Gasteiger partial charge in [-0.25, -0.2) is 0 Å². The maximum atomic E-state index is 12.1. The van der Waals surface area contributed by atoms with E-state index in [2.05, 4.69) is 10.2 Å². The number of halogens is 1. The summed E-state index contributed by atoms with van der Waals surface area (Å²) >= 11 is 0. The molecule has 0 radical (unpaired) electrons. The van der Waals surface area contributed by atoms with Crippen LogP contribution in [-0.4, -0.2) is 47.6 Å². The molecule has 1 amide bonds. The number of carbonyl (C=O) groups excluding carboxylic acids is 1. The third-order valence-electron chi connectivity index (χ3n) is 4.77. The van der Waals surface area contributed by atoms with Gasteiger partial charge in [0.15, 0.2) is 0 Å². The quantitative estimate of drug-likeness (QED) is 0.829. The van der Waals surface area contributed by atoms with Crippen molar-refractivity contribution in [2.75, 3.05) is 19.6 Å². The molecular formula is C16H29ClN2O3. The van der Waals surface area contributed by atoms with Gasteiger partial charge in [0.05, 0.1) is 12.5 Å². The maximum absolute atomic E-state index is 12.1. The van der Waals surface area contributed by atoms with Gasteiger partial charge in [-0.1, -0.05) is 32.1 Å². The first-order valence-corrected chi connectivity index (χ1v) is 8.39. The Morgan fingerprint density at radius 2 is 1.50 bits per heavy atom. The first-order valence-electron chi connectivity index (χ1n) is 8.39. The monoisotopic (exact) mass is 332 g/mol. The van der Waals surface area contributed by atoms with E-state index in [9.17, 15) is 9.59 Å². The Hall–Kier alpha value is -0.810. The number of carboxylic acid groups (broad SMARTS) is 1. The van der Waals surface area contributed by atoms with Crippen molar-refractivity contribution in [1.29, 1.82) is 0 Å². The summed E-state index contributed by atoms with van der Waals surface area (Å²) in [5.41, 5.74) is 0. The lowest BCUT2D eigenvalue weighted by Gasteiger charge is -2.30. The molecule has 0 atom stereocenters. The average Bonchev–Trinajstić information content (AvgIpc) is 2.42. The zero-order chi connectivity index (χ0) is 15.1. The molecular weight excluding hydrogens is 304 g/mol. The van der Waals surface area contributed by atoms with Crippen LogP contribution in [0.1, 0.15) is 57.8 Å². The van der Waals surface area contributed by atoms with E-state index < -0.39 is 5.97 Å². The van der Waals surface area contributed by atoms with Gasteiger partial charge < -0.3 is 10.4 Å². The molecule has 2 aliphatic rings. The molecule has 1 aliphatic carbocycles. The summed E-state index contributed by atoms with van der Waals surface area (Å²) in [4.78, 5) is 25.1. The van der Waals surface area contributed by atoms with Crippen LogP contribution < -0.4 is 5.32 Å². The van der Waals surface area contributed by atoms with Gasteiger partial charge in [-0.2, -0.15) is 0 Å². The molecule has 6 heteroatoms. The van der Waals surface area contributed by atoms with Crippen molar-refractivity contribution < 1.29 is 14.7 Å². The zero-order valence-electron chi connectivity index (χ0n) is 13.3.